The molecule has 20 heavy (non-hydrogen) atoms. The lowest BCUT2D eigenvalue weighted by Gasteiger charge is -2.26. The van der Waals surface area contributed by atoms with Crippen LogP contribution in [-0.2, 0) is 10.0 Å². The summed E-state index contributed by atoms with van der Waals surface area (Å²) in [7, 11) is -1.72. The molecule has 0 aliphatic heterocycles. The van der Waals surface area contributed by atoms with E-state index in [1.807, 2.05) is 6.92 Å². The van der Waals surface area contributed by atoms with Crippen molar-refractivity contribution < 1.29 is 8.42 Å². The van der Waals surface area contributed by atoms with E-state index < -0.39 is 10.0 Å². The number of nitrogens with two attached hydrogens (primary N) is 1. The van der Waals surface area contributed by atoms with Gasteiger partial charge in [0, 0.05) is 19.3 Å². The van der Waals surface area contributed by atoms with Crippen molar-refractivity contribution >= 4 is 15.7 Å². The van der Waals surface area contributed by atoms with Crippen molar-refractivity contribution in [2.24, 2.45) is 5.92 Å². The Hall–Kier alpha value is -1.07. The van der Waals surface area contributed by atoms with Crippen molar-refractivity contribution in [2.45, 2.75) is 43.9 Å². The molecule has 0 saturated heterocycles. The summed E-state index contributed by atoms with van der Waals surface area (Å²) in [6.45, 7) is 2.45. The van der Waals surface area contributed by atoms with Crippen LogP contribution in [0.5, 0.6) is 0 Å². The van der Waals surface area contributed by atoms with Gasteiger partial charge in [0.2, 0.25) is 10.0 Å². The second kappa shape index (κ2) is 6.14. The summed E-state index contributed by atoms with van der Waals surface area (Å²) in [5.41, 5.74) is 7.18. The second-order valence-electron chi connectivity index (χ2n) is 5.81. The predicted molar refractivity (Wildman–Crippen MR) is 82.0 cm³/mol. The SMILES string of the molecule is Cc1cc(S(=O)(=O)N(C)CC2CCCCC2)ccc1N. The van der Waals surface area contributed by atoms with Crippen molar-refractivity contribution in [1.29, 1.82) is 0 Å². The molecule has 5 heteroatoms. The molecule has 0 aromatic heterocycles. The van der Waals surface area contributed by atoms with Crippen molar-refractivity contribution in [1.82, 2.24) is 4.31 Å². The minimum atomic E-state index is -3.40. The number of anilines is 1. The molecule has 1 aliphatic rings. The van der Waals surface area contributed by atoms with E-state index in [0.717, 1.165) is 18.4 Å². The van der Waals surface area contributed by atoms with Crippen LogP contribution >= 0.6 is 0 Å². The molecule has 0 bridgehead atoms. The summed E-state index contributed by atoms with van der Waals surface area (Å²) in [6.07, 6.45) is 6.00. The Bertz CT molecular complexity index is 563. The third-order valence-corrected chi connectivity index (χ3v) is 6.01. The van der Waals surface area contributed by atoms with Gasteiger partial charge >= 0.3 is 0 Å². The van der Waals surface area contributed by atoms with E-state index in [9.17, 15) is 8.42 Å². The molecular weight excluding hydrogens is 272 g/mol. The van der Waals surface area contributed by atoms with Crippen LogP contribution in [0.2, 0.25) is 0 Å². The third kappa shape index (κ3) is 3.33. The monoisotopic (exact) mass is 296 g/mol. The maximum atomic E-state index is 12.6. The number of sulfonamides is 1. The second-order valence-corrected chi connectivity index (χ2v) is 7.85. The average Bonchev–Trinajstić information content (AvgIpc) is 2.42. The quantitative estimate of drug-likeness (QED) is 0.869. The molecule has 1 saturated carbocycles. The van der Waals surface area contributed by atoms with Gasteiger partial charge < -0.3 is 5.73 Å². The minimum absolute atomic E-state index is 0.336. The van der Waals surface area contributed by atoms with Crippen LogP contribution in [0, 0.1) is 12.8 Å². The smallest absolute Gasteiger partial charge is 0.242 e. The Balaban J connectivity index is 2.13. The molecule has 0 radical (unpaired) electrons. The first-order chi connectivity index (χ1) is 9.41. The van der Waals surface area contributed by atoms with Gasteiger partial charge in [-0.3, -0.25) is 0 Å². The fourth-order valence-corrected chi connectivity index (χ4v) is 4.15. The normalized spacial score (nSPS) is 17.6. The van der Waals surface area contributed by atoms with E-state index in [-0.39, 0.29) is 0 Å². The molecule has 1 aromatic rings. The van der Waals surface area contributed by atoms with E-state index >= 15 is 0 Å². The highest BCUT2D eigenvalue weighted by Gasteiger charge is 2.25. The molecule has 0 atom stereocenters. The standard InChI is InChI=1S/C15H24N2O2S/c1-12-10-14(8-9-15(12)16)20(18,19)17(2)11-13-6-4-3-5-7-13/h8-10,13H,3-7,11,16H2,1-2H3. The lowest BCUT2D eigenvalue weighted by Crippen LogP contribution is -2.32. The highest BCUT2D eigenvalue weighted by atomic mass is 32.2. The van der Waals surface area contributed by atoms with E-state index in [4.69, 9.17) is 5.73 Å². The van der Waals surface area contributed by atoms with E-state index in [1.165, 1.54) is 23.6 Å². The van der Waals surface area contributed by atoms with Gasteiger partial charge in [-0.15, -0.1) is 0 Å². The fraction of sp³-hybridized carbons (Fsp3) is 0.600. The Morgan fingerprint density at radius 3 is 2.50 bits per heavy atom. The van der Waals surface area contributed by atoms with Gasteiger partial charge in [-0.25, -0.2) is 12.7 Å². The Labute approximate surface area is 122 Å². The van der Waals surface area contributed by atoms with Crippen molar-refractivity contribution in [2.75, 3.05) is 19.3 Å². The molecule has 0 amide bonds. The molecule has 1 aromatic carbocycles. The fourth-order valence-electron chi connectivity index (χ4n) is 2.82. The highest BCUT2D eigenvalue weighted by molar-refractivity contribution is 7.89. The zero-order valence-corrected chi connectivity index (χ0v) is 13.1. The van der Waals surface area contributed by atoms with Gasteiger partial charge in [0.1, 0.15) is 0 Å². The topological polar surface area (TPSA) is 63.4 Å². The van der Waals surface area contributed by atoms with Crippen LogP contribution < -0.4 is 5.73 Å². The molecule has 112 valence electrons. The molecule has 1 fully saturated rings. The van der Waals surface area contributed by atoms with E-state index in [2.05, 4.69) is 0 Å². The summed E-state index contributed by atoms with van der Waals surface area (Å²) in [5.74, 6) is 0.499. The number of aryl methyl sites for hydroxylation is 1. The first-order valence-electron chi connectivity index (χ1n) is 7.23. The molecular formula is C15H24N2O2S. The van der Waals surface area contributed by atoms with Crippen molar-refractivity contribution in [3.8, 4) is 0 Å². The van der Waals surface area contributed by atoms with Crippen molar-refractivity contribution in [3.05, 3.63) is 23.8 Å². The number of benzene rings is 1. The predicted octanol–water partition coefficient (Wildman–Crippen LogP) is 2.78. The number of nitrogens with zero attached hydrogens (tertiary/aromatic N) is 1. The first kappa shape index (κ1) is 15.3. The summed E-state index contributed by atoms with van der Waals surface area (Å²) in [4.78, 5) is 0.336. The zero-order chi connectivity index (χ0) is 14.8. The Kier molecular flexibility index (Phi) is 4.70. The van der Waals surface area contributed by atoms with Crippen LogP contribution in [0.4, 0.5) is 5.69 Å². The lowest BCUT2D eigenvalue weighted by molar-refractivity contribution is 0.300. The molecule has 2 N–H and O–H groups in total. The van der Waals surface area contributed by atoms with Gasteiger partial charge in [-0.2, -0.15) is 0 Å². The van der Waals surface area contributed by atoms with Gasteiger partial charge in [-0.1, -0.05) is 19.3 Å². The van der Waals surface area contributed by atoms with Gasteiger partial charge in [-0.05, 0) is 49.4 Å². The third-order valence-electron chi connectivity index (χ3n) is 4.19. The Morgan fingerprint density at radius 1 is 1.25 bits per heavy atom. The van der Waals surface area contributed by atoms with Crippen LogP contribution in [-0.4, -0.2) is 26.3 Å². The van der Waals surface area contributed by atoms with Gasteiger partial charge in [0.15, 0.2) is 0 Å². The maximum absolute atomic E-state index is 12.6. The minimum Gasteiger partial charge on any atom is -0.399 e. The Morgan fingerprint density at radius 2 is 1.90 bits per heavy atom. The van der Waals surface area contributed by atoms with Crippen LogP contribution in [0.15, 0.2) is 23.1 Å². The number of hydrogen-bond donors (Lipinski definition) is 1. The summed E-state index contributed by atoms with van der Waals surface area (Å²) in [6, 6.07) is 4.91. The van der Waals surface area contributed by atoms with E-state index in [1.54, 1.807) is 25.2 Å². The van der Waals surface area contributed by atoms with Crippen molar-refractivity contribution in [3.63, 3.8) is 0 Å². The number of hydrogen-bond acceptors (Lipinski definition) is 3. The molecule has 2 rings (SSSR count). The molecule has 0 spiro atoms. The van der Waals surface area contributed by atoms with Gasteiger partial charge in [0.05, 0.1) is 4.90 Å². The summed E-state index contributed by atoms with van der Waals surface area (Å²) < 4.78 is 26.6. The largest absolute Gasteiger partial charge is 0.399 e. The zero-order valence-electron chi connectivity index (χ0n) is 12.3. The molecule has 0 unspecified atom stereocenters. The summed E-state index contributed by atoms with van der Waals surface area (Å²) >= 11 is 0. The van der Waals surface area contributed by atoms with Crippen LogP contribution in [0.25, 0.3) is 0 Å². The number of rotatable bonds is 4. The average molecular weight is 296 g/mol. The van der Waals surface area contributed by atoms with Gasteiger partial charge in [0.25, 0.3) is 0 Å². The molecule has 1 aliphatic carbocycles. The molecule has 4 nitrogen and oxygen atoms in total. The summed E-state index contributed by atoms with van der Waals surface area (Å²) in [5, 5.41) is 0. The lowest BCUT2D eigenvalue weighted by atomic mass is 9.89. The highest BCUT2D eigenvalue weighted by Crippen LogP contribution is 2.26. The maximum Gasteiger partial charge on any atom is 0.242 e. The molecule has 0 heterocycles. The first-order valence-corrected chi connectivity index (χ1v) is 8.67. The van der Waals surface area contributed by atoms with Crippen LogP contribution in [0.1, 0.15) is 37.7 Å². The van der Waals surface area contributed by atoms with Crippen LogP contribution in [0.3, 0.4) is 0 Å². The number of nitrogen functional groups attached to an aromatic ring is 1. The van der Waals surface area contributed by atoms with E-state index in [0.29, 0.717) is 23.0 Å².